The van der Waals surface area contributed by atoms with Crippen LogP contribution in [0.15, 0.2) is 152 Å². The number of hydrogen-bond donors (Lipinski definition) is 0. The molecular formula is C46H38N2. The summed E-state index contributed by atoms with van der Waals surface area (Å²) in [7, 11) is 0. The summed E-state index contributed by atoms with van der Waals surface area (Å²) < 4.78 is 2.40. The van der Waals surface area contributed by atoms with E-state index in [9.17, 15) is 0 Å². The highest BCUT2D eigenvalue weighted by Gasteiger charge is 2.35. The molecule has 1 heterocycles. The first kappa shape index (κ1) is 28.6. The number of anilines is 3. The summed E-state index contributed by atoms with van der Waals surface area (Å²) in [6.07, 6.45) is 5.76. The first-order valence-electron chi connectivity index (χ1n) is 17.0. The average molecular weight is 619 g/mol. The van der Waals surface area contributed by atoms with Crippen molar-refractivity contribution in [3.05, 3.63) is 174 Å². The fourth-order valence-electron chi connectivity index (χ4n) is 7.92. The van der Waals surface area contributed by atoms with Crippen molar-refractivity contribution in [2.24, 2.45) is 5.92 Å². The lowest BCUT2D eigenvalue weighted by atomic mass is 9.82. The van der Waals surface area contributed by atoms with Gasteiger partial charge >= 0.3 is 0 Å². The van der Waals surface area contributed by atoms with Crippen LogP contribution in [-0.4, -0.2) is 4.57 Å². The number of hydrogen-bond acceptors (Lipinski definition) is 1. The number of para-hydroxylation sites is 1. The predicted molar refractivity (Wildman–Crippen MR) is 204 cm³/mol. The molecule has 2 aliphatic carbocycles. The summed E-state index contributed by atoms with van der Waals surface area (Å²) in [6, 6.07) is 49.1. The van der Waals surface area contributed by atoms with Crippen molar-refractivity contribution >= 4 is 44.8 Å². The lowest BCUT2D eigenvalue weighted by molar-refractivity contribution is 0.660. The predicted octanol–water partition coefficient (Wildman–Crippen LogP) is 12.5. The number of rotatable bonds is 6. The summed E-state index contributed by atoms with van der Waals surface area (Å²) >= 11 is 0. The molecule has 0 aliphatic heterocycles. The minimum Gasteiger partial charge on any atom is -0.313 e. The Morgan fingerprint density at radius 3 is 2.15 bits per heavy atom. The number of nitrogens with zero attached hydrogens (tertiary/aromatic N) is 2. The Morgan fingerprint density at radius 1 is 0.688 bits per heavy atom. The van der Waals surface area contributed by atoms with E-state index in [0.717, 1.165) is 23.5 Å². The van der Waals surface area contributed by atoms with Crippen molar-refractivity contribution in [1.29, 1.82) is 0 Å². The van der Waals surface area contributed by atoms with Crippen molar-refractivity contribution in [2.45, 2.75) is 32.6 Å². The number of fused-ring (bicyclic) bond motifs is 5. The molecule has 9 rings (SSSR count). The van der Waals surface area contributed by atoms with Crippen LogP contribution >= 0.6 is 0 Å². The molecular weight excluding hydrogens is 581 g/mol. The van der Waals surface area contributed by atoms with Crippen molar-refractivity contribution in [1.82, 2.24) is 4.57 Å². The number of benzene rings is 6. The highest BCUT2D eigenvalue weighted by atomic mass is 15.1. The quantitative estimate of drug-likeness (QED) is 0.168. The monoisotopic (exact) mass is 618 g/mol. The van der Waals surface area contributed by atoms with Gasteiger partial charge in [-0.25, -0.2) is 0 Å². The Balaban J connectivity index is 1.27. The van der Waals surface area contributed by atoms with Gasteiger partial charge in [0.2, 0.25) is 0 Å². The number of allylic oxidation sites excluding steroid dienone is 2. The van der Waals surface area contributed by atoms with Crippen molar-refractivity contribution in [3.8, 4) is 16.8 Å². The van der Waals surface area contributed by atoms with Crippen LogP contribution in [0.25, 0.3) is 44.6 Å². The Labute approximate surface area is 282 Å². The van der Waals surface area contributed by atoms with E-state index in [-0.39, 0.29) is 5.41 Å². The largest absolute Gasteiger partial charge is 0.313 e. The summed E-state index contributed by atoms with van der Waals surface area (Å²) in [5.41, 5.74) is 15.0. The molecule has 7 aromatic rings. The lowest BCUT2D eigenvalue weighted by Crippen LogP contribution is -2.16. The molecule has 2 nitrogen and oxygen atoms in total. The van der Waals surface area contributed by atoms with Gasteiger partial charge in [-0.2, -0.15) is 0 Å². The third-order valence-electron chi connectivity index (χ3n) is 10.7. The third kappa shape index (κ3) is 4.47. The maximum Gasteiger partial charge on any atom is 0.0539 e. The smallest absolute Gasteiger partial charge is 0.0539 e. The van der Waals surface area contributed by atoms with Gasteiger partial charge < -0.3 is 9.47 Å². The summed E-state index contributed by atoms with van der Waals surface area (Å²) in [5.74, 6) is 0.482. The molecule has 0 amide bonds. The van der Waals surface area contributed by atoms with E-state index in [1.54, 1.807) is 0 Å². The fourth-order valence-corrected chi connectivity index (χ4v) is 7.92. The van der Waals surface area contributed by atoms with Gasteiger partial charge in [0.25, 0.3) is 0 Å². The molecule has 0 saturated heterocycles. The lowest BCUT2D eigenvalue weighted by Gasteiger charge is -2.28. The molecule has 0 bridgehead atoms. The van der Waals surface area contributed by atoms with E-state index in [2.05, 4.69) is 182 Å². The van der Waals surface area contributed by atoms with Gasteiger partial charge in [0, 0.05) is 50.7 Å². The van der Waals surface area contributed by atoms with Gasteiger partial charge in [-0.3, -0.25) is 0 Å². The van der Waals surface area contributed by atoms with Gasteiger partial charge in [0.1, 0.15) is 0 Å². The maximum absolute atomic E-state index is 4.21. The van der Waals surface area contributed by atoms with Gasteiger partial charge in [0.15, 0.2) is 0 Å². The second kappa shape index (κ2) is 10.7. The van der Waals surface area contributed by atoms with Crippen LogP contribution in [0, 0.1) is 12.8 Å². The molecule has 1 atom stereocenters. The van der Waals surface area contributed by atoms with E-state index in [4.69, 9.17) is 0 Å². The zero-order chi connectivity index (χ0) is 32.6. The molecule has 6 aromatic carbocycles. The summed E-state index contributed by atoms with van der Waals surface area (Å²) in [6.45, 7) is 11.2. The fraction of sp³-hybridized carbons (Fsp3) is 0.130. The molecule has 1 unspecified atom stereocenters. The van der Waals surface area contributed by atoms with Gasteiger partial charge in [-0.15, -0.1) is 0 Å². The highest BCUT2D eigenvalue weighted by Crippen LogP contribution is 2.51. The van der Waals surface area contributed by atoms with Gasteiger partial charge in [-0.1, -0.05) is 117 Å². The van der Waals surface area contributed by atoms with E-state index in [1.165, 1.54) is 66.4 Å². The van der Waals surface area contributed by atoms with E-state index in [1.807, 2.05) is 0 Å². The van der Waals surface area contributed by atoms with Crippen LogP contribution in [0.5, 0.6) is 0 Å². The molecule has 0 spiro atoms. The van der Waals surface area contributed by atoms with E-state index < -0.39 is 0 Å². The Kier molecular flexibility index (Phi) is 6.39. The minimum atomic E-state index is -0.0876. The average Bonchev–Trinajstić information content (AvgIpc) is 3.69. The maximum atomic E-state index is 4.21. The van der Waals surface area contributed by atoms with E-state index >= 15 is 0 Å². The van der Waals surface area contributed by atoms with Crippen LogP contribution in [0.2, 0.25) is 0 Å². The second-order valence-electron chi connectivity index (χ2n) is 14.0. The molecule has 1 saturated carbocycles. The zero-order valence-corrected chi connectivity index (χ0v) is 27.7. The van der Waals surface area contributed by atoms with Crippen LogP contribution in [0.4, 0.5) is 17.1 Å². The second-order valence-corrected chi connectivity index (χ2v) is 14.0. The third-order valence-corrected chi connectivity index (χ3v) is 10.7. The molecule has 2 aliphatic rings. The standard InChI is InChI=1S/C46H38N2/c1-30-26-33(30)19-23-39-31(2)47(35-14-6-5-7-15-35)45-25-22-37(28-42(39)45)48(36-20-18-32-12-8-9-13-34(32)27-36)38-21-24-41-40-16-10-11-17-43(40)46(3,4)44(41)29-38/h5-25,27-29,33H,1,26H2,2-4H3/b23-19-. The molecule has 1 aromatic heterocycles. The van der Waals surface area contributed by atoms with Crippen molar-refractivity contribution < 1.29 is 0 Å². The zero-order valence-electron chi connectivity index (χ0n) is 27.7. The first-order valence-corrected chi connectivity index (χ1v) is 17.0. The molecule has 0 radical (unpaired) electrons. The summed E-state index contributed by atoms with van der Waals surface area (Å²) in [5, 5.41) is 3.72. The van der Waals surface area contributed by atoms with E-state index in [0.29, 0.717) is 5.92 Å². The minimum absolute atomic E-state index is 0.0876. The number of aromatic nitrogens is 1. The summed E-state index contributed by atoms with van der Waals surface area (Å²) in [4.78, 5) is 2.44. The molecule has 232 valence electrons. The molecule has 48 heavy (non-hydrogen) atoms. The molecule has 0 N–H and O–H groups in total. The SMILES string of the molecule is C=C1CC1/C=C\c1c(C)n(-c2ccccc2)c2ccc(N(c3ccc4c(c3)C(C)(C)c3ccccc3-4)c3ccc4ccccc4c3)cc12. The van der Waals surface area contributed by atoms with Crippen molar-refractivity contribution in [3.63, 3.8) is 0 Å². The Morgan fingerprint density at radius 2 is 1.33 bits per heavy atom. The molecule has 2 heteroatoms. The van der Waals surface area contributed by atoms with Crippen LogP contribution < -0.4 is 4.90 Å². The van der Waals surface area contributed by atoms with Crippen molar-refractivity contribution in [2.75, 3.05) is 4.90 Å². The van der Waals surface area contributed by atoms with Gasteiger partial charge in [-0.05, 0) is 101 Å². The Bertz CT molecular complexity index is 2440. The highest BCUT2D eigenvalue weighted by molar-refractivity contribution is 5.98. The first-order chi connectivity index (χ1) is 23.4. The Hall–Kier alpha value is -5.60. The van der Waals surface area contributed by atoms with Crippen LogP contribution in [0.3, 0.4) is 0 Å². The van der Waals surface area contributed by atoms with Crippen LogP contribution in [-0.2, 0) is 5.41 Å². The normalized spacial score (nSPS) is 16.1. The molecule has 1 fully saturated rings. The topological polar surface area (TPSA) is 8.17 Å². The van der Waals surface area contributed by atoms with Gasteiger partial charge in [0.05, 0.1) is 5.52 Å². The van der Waals surface area contributed by atoms with Crippen LogP contribution in [0.1, 0.15) is 42.7 Å².